The molecule has 0 aromatic heterocycles. The van der Waals surface area contributed by atoms with Gasteiger partial charge in [0.1, 0.15) is 18.9 Å². The predicted octanol–water partition coefficient (Wildman–Crippen LogP) is 4.09. The molecule has 0 bridgehead atoms. The average Bonchev–Trinajstić information content (AvgIpc) is 2.58. The monoisotopic (exact) mass is 310 g/mol. The summed E-state index contributed by atoms with van der Waals surface area (Å²) in [6.45, 7) is 4.87. The number of anilines is 1. The summed E-state index contributed by atoms with van der Waals surface area (Å²) in [4.78, 5) is 13.0. The molecule has 1 heterocycles. The smallest absolute Gasteiger partial charge is 0.119 e. The van der Waals surface area contributed by atoms with Crippen molar-refractivity contribution in [2.75, 3.05) is 24.6 Å². The Morgan fingerprint density at radius 3 is 2.78 bits per heavy atom. The topological polar surface area (TPSA) is 41.9 Å². The van der Waals surface area contributed by atoms with Crippen molar-refractivity contribution >= 4 is 5.69 Å². The number of fused-ring (bicyclic) bond motifs is 1. The highest BCUT2D eigenvalue weighted by atomic mass is 16.5. The fraction of sp³-hybridized carbons (Fsp3) is 0.368. The normalized spacial score (nSPS) is 13.5. The van der Waals surface area contributed by atoms with Crippen LogP contribution in [0.5, 0.6) is 5.75 Å². The summed E-state index contributed by atoms with van der Waals surface area (Å²) in [5, 5.41) is 3.05. The third-order valence-electron chi connectivity index (χ3n) is 4.43. The van der Waals surface area contributed by atoms with E-state index in [2.05, 4.69) is 23.1 Å². The van der Waals surface area contributed by atoms with Gasteiger partial charge in [-0.15, -0.1) is 0 Å². The first-order chi connectivity index (χ1) is 11.3. The molecule has 0 aliphatic carbocycles. The fourth-order valence-corrected chi connectivity index (χ4v) is 3.27. The van der Waals surface area contributed by atoms with Gasteiger partial charge >= 0.3 is 0 Å². The molecule has 1 aliphatic rings. The van der Waals surface area contributed by atoms with E-state index in [0.717, 1.165) is 37.2 Å². The molecular formula is C19H22N2O2. The molecule has 23 heavy (non-hydrogen) atoms. The van der Waals surface area contributed by atoms with Gasteiger partial charge in [0, 0.05) is 12.2 Å². The van der Waals surface area contributed by atoms with E-state index >= 15 is 0 Å². The third kappa shape index (κ3) is 3.52. The molecule has 1 aliphatic heterocycles. The Bertz CT molecular complexity index is 671. The number of hydrogen-bond acceptors (Lipinski definition) is 4. The van der Waals surface area contributed by atoms with E-state index in [1.165, 1.54) is 16.8 Å². The maximum Gasteiger partial charge on any atom is 0.119 e. The van der Waals surface area contributed by atoms with Crippen LogP contribution in [0.2, 0.25) is 0 Å². The SMILES string of the molecule is Cc1c(CN=O)ccc2c1N(CCOc1ccccc1)CCC2. The second-order valence-electron chi connectivity index (χ2n) is 5.90. The molecule has 0 saturated carbocycles. The Hall–Kier alpha value is -2.36. The molecule has 2 aromatic rings. The zero-order valence-electron chi connectivity index (χ0n) is 13.5. The molecule has 0 saturated heterocycles. The summed E-state index contributed by atoms with van der Waals surface area (Å²) in [5.74, 6) is 0.903. The van der Waals surface area contributed by atoms with Crippen molar-refractivity contribution in [3.8, 4) is 5.75 Å². The Balaban J connectivity index is 1.72. The number of nitroso groups, excluding NO2 is 1. The van der Waals surface area contributed by atoms with Crippen LogP contribution in [0, 0.1) is 11.8 Å². The van der Waals surface area contributed by atoms with E-state index in [0.29, 0.717) is 6.61 Å². The number of benzene rings is 2. The summed E-state index contributed by atoms with van der Waals surface area (Å²) >= 11 is 0. The minimum Gasteiger partial charge on any atom is -0.492 e. The lowest BCUT2D eigenvalue weighted by Crippen LogP contribution is -2.34. The Labute approximate surface area is 137 Å². The van der Waals surface area contributed by atoms with E-state index in [-0.39, 0.29) is 6.54 Å². The van der Waals surface area contributed by atoms with Gasteiger partial charge in [0.15, 0.2) is 0 Å². The zero-order valence-corrected chi connectivity index (χ0v) is 13.5. The first-order valence-corrected chi connectivity index (χ1v) is 8.13. The molecule has 0 spiro atoms. The van der Waals surface area contributed by atoms with Gasteiger partial charge < -0.3 is 9.64 Å². The van der Waals surface area contributed by atoms with Crippen LogP contribution in [-0.2, 0) is 13.0 Å². The second kappa shape index (κ2) is 7.27. The van der Waals surface area contributed by atoms with Crippen molar-refractivity contribution < 1.29 is 4.74 Å². The molecule has 2 aromatic carbocycles. The van der Waals surface area contributed by atoms with Gasteiger partial charge in [-0.25, -0.2) is 0 Å². The predicted molar refractivity (Wildman–Crippen MR) is 93.1 cm³/mol. The van der Waals surface area contributed by atoms with E-state index in [1.807, 2.05) is 36.4 Å². The number of aryl methyl sites for hydroxylation is 1. The van der Waals surface area contributed by atoms with Gasteiger partial charge in [0.25, 0.3) is 0 Å². The molecule has 120 valence electrons. The number of rotatable bonds is 6. The van der Waals surface area contributed by atoms with E-state index in [4.69, 9.17) is 4.74 Å². The van der Waals surface area contributed by atoms with Gasteiger partial charge in [-0.3, -0.25) is 0 Å². The van der Waals surface area contributed by atoms with Crippen LogP contribution < -0.4 is 9.64 Å². The van der Waals surface area contributed by atoms with Crippen LogP contribution in [-0.4, -0.2) is 19.7 Å². The summed E-state index contributed by atoms with van der Waals surface area (Å²) in [6.07, 6.45) is 2.25. The van der Waals surface area contributed by atoms with Crippen molar-refractivity contribution in [2.45, 2.75) is 26.3 Å². The van der Waals surface area contributed by atoms with Crippen LogP contribution in [0.1, 0.15) is 23.1 Å². The van der Waals surface area contributed by atoms with Gasteiger partial charge in [-0.2, -0.15) is 4.91 Å². The first-order valence-electron chi connectivity index (χ1n) is 8.13. The fourth-order valence-electron chi connectivity index (χ4n) is 3.27. The van der Waals surface area contributed by atoms with Gasteiger partial charge in [-0.05, 0) is 48.6 Å². The quantitative estimate of drug-likeness (QED) is 0.755. The molecular weight excluding hydrogens is 288 g/mol. The Morgan fingerprint density at radius 2 is 2.00 bits per heavy atom. The summed E-state index contributed by atoms with van der Waals surface area (Å²) in [5.41, 5.74) is 4.84. The maximum absolute atomic E-state index is 10.6. The molecule has 0 N–H and O–H groups in total. The van der Waals surface area contributed by atoms with Crippen molar-refractivity contribution in [1.82, 2.24) is 0 Å². The minimum absolute atomic E-state index is 0.244. The largest absolute Gasteiger partial charge is 0.492 e. The molecule has 3 rings (SSSR count). The van der Waals surface area contributed by atoms with E-state index < -0.39 is 0 Å². The standard InChI is InChI=1S/C19H22N2O2/c1-15-17(14-20-22)10-9-16-6-5-11-21(19(15)16)12-13-23-18-7-3-2-4-8-18/h2-4,7-10H,5-6,11-14H2,1H3. The lowest BCUT2D eigenvalue weighted by Gasteiger charge is -2.33. The zero-order chi connectivity index (χ0) is 16.1. The highest BCUT2D eigenvalue weighted by Gasteiger charge is 2.20. The van der Waals surface area contributed by atoms with E-state index in [1.54, 1.807) is 0 Å². The molecule has 0 fully saturated rings. The van der Waals surface area contributed by atoms with Crippen molar-refractivity contribution in [3.05, 3.63) is 64.1 Å². The van der Waals surface area contributed by atoms with Crippen LogP contribution in [0.15, 0.2) is 47.6 Å². The molecule has 0 atom stereocenters. The van der Waals surface area contributed by atoms with E-state index in [9.17, 15) is 4.91 Å². The van der Waals surface area contributed by atoms with Crippen molar-refractivity contribution in [2.24, 2.45) is 5.18 Å². The van der Waals surface area contributed by atoms with Crippen LogP contribution in [0.3, 0.4) is 0 Å². The number of nitrogens with zero attached hydrogens (tertiary/aromatic N) is 2. The molecule has 4 nitrogen and oxygen atoms in total. The van der Waals surface area contributed by atoms with Gasteiger partial charge in [0.2, 0.25) is 0 Å². The maximum atomic E-state index is 10.6. The molecule has 0 amide bonds. The van der Waals surface area contributed by atoms with Crippen LogP contribution in [0.25, 0.3) is 0 Å². The van der Waals surface area contributed by atoms with Crippen molar-refractivity contribution in [3.63, 3.8) is 0 Å². The molecule has 4 heteroatoms. The third-order valence-corrected chi connectivity index (χ3v) is 4.43. The first kappa shape index (κ1) is 15.5. The second-order valence-corrected chi connectivity index (χ2v) is 5.90. The number of hydrogen-bond donors (Lipinski definition) is 0. The highest BCUT2D eigenvalue weighted by Crippen LogP contribution is 2.32. The van der Waals surface area contributed by atoms with Gasteiger partial charge in [-0.1, -0.05) is 35.5 Å². The Kier molecular flexibility index (Phi) is 4.91. The van der Waals surface area contributed by atoms with Gasteiger partial charge in [0.05, 0.1) is 6.54 Å². The number of ether oxygens (including phenoxy) is 1. The average molecular weight is 310 g/mol. The lowest BCUT2D eigenvalue weighted by atomic mass is 9.95. The lowest BCUT2D eigenvalue weighted by molar-refractivity contribution is 0.322. The summed E-state index contributed by atoms with van der Waals surface area (Å²) in [6, 6.07) is 14.1. The highest BCUT2D eigenvalue weighted by molar-refractivity contribution is 5.63. The molecule has 0 unspecified atom stereocenters. The summed E-state index contributed by atoms with van der Waals surface area (Å²) in [7, 11) is 0. The molecule has 0 radical (unpaired) electrons. The van der Waals surface area contributed by atoms with Crippen LogP contribution >= 0.6 is 0 Å². The summed E-state index contributed by atoms with van der Waals surface area (Å²) < 4.78 is 5.83. The van der Waals surface area contributed by atoms with Crippen molar-refractivity contribution in [1.29, 1.82) is 0 Å². The Morgan fingerprint density at radius 1 is 1.17 bits per heavy atom. The minimum atomic E-state index is 0.244. The number of para-hydroxylation sites is 1. The van der Waals surface area contributed by atoms with Crippen LogP contribution in [0.4, 0.5) is 5.69 Å².